The monoisotopic (exact) mass is 284 g/mol. The molecule has 0 atom stereocenters. The highest BCUT2D eigenvalue weighted by Crippen LogP contribution is 2.33. The van der Waals surface area contributed by atoms with Crippen LogP contribution in [0, 0.1) is 0 Å². The molecule has 3 rings (SSSR count). The number of nitrogens with two attached hydrogens (primary N) is 1. The first-order valence-electron chi connectivity index (χ1n) is 6.68. The normalized spacial score (nSPS) is 13.7. The van der Waals surface area contributed by atoms with Crippen LogP contribution in [0.4, 0.5) is 11.4 Å². The van der Waals surface area contributed by atoms with Crippen LogP contribution in [0.15, 0.2) is 48.5 Å². The first-order valence-corrected chi connectivity index (χ1v) is 6.68. The van der Waals surface area contributed by atoms with E-state index < -0.39 is 0 Å². The summed E-state index contributed by atoms with van der Waals surface area (Å²) in [7, 11) is 0. The molecule has 0 fully saturated rings. The van der Waals surface area contributed by atoms with E-state index in [1.807, 2.05) is 30.3 Å². The summed E-state index contributed by atoms with van der Waals surface area (Å²) in [6, 6.07) is 15.1. The molecule has 0 spiro atoms. The van der Waals surface area contributed by atoms with Crippen molar-refractivity contribution in [1.29, 1.82) is 0 Å². The lowest BCUT2D eigenvalue weighted by molar-refractivity contribution is -0.122. The Bertz CT molecular complexity index is 643. The third kappa shape index (κ3) is 2.98. The van der Waals surface area contributed by atoms with E-state index in [0.717, 1.165) is 5.56 Å². The van der Waals surface area contributed by atoms with Crippen LogP contribution in [0.25, 0.3) is 0 Å². The fraction of sp³-hybridized carbons (Fsp3) is 0.188. The number of fused-ring (bicyclic) bond motifs is 1. The Hall–Kier alpha value is -2.53. The summed E-state index contributed by atoms with van der Waals surface area (Å²) >= 11 is 0. The molecule has 1 aliphatic heterocycles. The Morgan fingerprint density at radius 1 is 1.19 bits per heavy atom. The van der Waals surface area contributed by atoms with Gasteiger partial charge in [0.25, 0.3) is 5.91 Å². The van der Waals surface area contributed by atoms with Crippen LogP contribution in [0.5, 0.6) is 5.75 Å². The summed E-state index contributed by atoms with van der Waals surface area (Å²) in [6.45, 7) is 0.648. The van der Waals surface area contributed by atoms with E-state index in [4.69, 9.17) is 15.2 Å². The predicted molar refractivity (Wildman–Crippen MR) is 79.9 cm³/mol. The van der Waals surface area contributed by atoms with Gasteiger partial charge < -0.3 is 15.2 Å². The second-order valence-electron chi connectivity index (χ2n) is 4.80. The average molecular weight is 284 g/mol. The van der Waals surface area contributed by atoms with Crippen LogP contribution in [-0.2, 0) is 16.1 Å². The number of rotatable bonds is 4. The summed E-state index contributed by atoms with van der Waals surface area (Å²) in [4.78, 5) is 13.5. The lowest BCUT2D eigenvalue weighted by Crippen LogP contribution is -2.40. The first kappa shape index (κ1) is 13.5. The van der Waals surface area contributed by atoms with Gasteiger partial charge in [-0.2, -0.15) is 0 Å². The minimum absolute atomic E-state index is 0.00511. The van der Waals surface area contributed by atoms with Gasteiger partial charge in [0, 0.05) is 11.8 Å². The van der Waals surface area contributed by atoms with Crippen LogP contribution in [0.1, 0.15) is 5.56 Å². The molecular weight excluding hydrogens is 268 g/mol. The smallest absolute Gasteiger partial charge is 0.266 e. The Morgan fingerprint density at radius 2 is 2.00 bits per heavy atom. The molecule has 21 heavy (non-hydrogen) atoms. The van der Waals surface area contributed by atoms with Crippen LogP contribution < -0.4 is 15.4 Å². The number of hydrogen-bond donors (Lipinski definition) is 1. The summed E-state index contributed by atoms with van der Waals surface area (Å²) in [5.41, 5.74) is 8.08. The fourth-order valence-corrected chi connectivity index (χ4v) is 2.19. The zero-order chi connectivity index (χ0) is 14.7. The SMILES string of the molecule is Nc1ccc2c(c1)OCC(=O)N2COCc1ccccc1. The standard InChI is InChI=1S/C16H16N2O3/c17-13-6-7-14-15(8-13)21-10-16(19)18(14)11-20-9-12-4-2-1-3-5-12/h1-8H,9-11,17H2. The molecular formula is C16H16N2O3. The Labute approximate surface area is 122 Å². The van der Waals surface area contributed by atoms with Crippen LogP contribution in [0.2, 0.25) is 0 Å². The number of nitrogen functional groups attached to an aromatic ring is 1. The number of hydrogen-bond acceptors (Lipinski definition) is 4. The lowest BCUT2D eigenvalue weighted by atomic mass is 10.2. The van der Waals surface area contributed by atoms with Crippen molar-refractivity contribution in [2.45, 2.75) is 6.61 Å². The zero-order valence-electron chi connectivity index (χ0n) is 11.5. The summed E-state index contributed by atoms with van der Waals surface area (Å²) < 4.78 is 11.0. The zero-order valence-corrected chi connectivity index (χ0v) is 11.5. The second kappa shape index (κ2) is 5.85. The molecule has 5 heteroatoms. The van der Waals surface area contributed by atoms with Crippen molar-refractivity contribution in [2.24, 2.45) is 0 Å². The number of anilines is 2. The molecule has 0 aromatic heterocycles. The van der Waals surface area contributed by atoms with Crippen molar-refractivity contribution in [1.82, 2.24) is 0 Å². The van der Waals surface area contributed by atoms with Gasteiger partial charge in [-0.05, 0) is 17.7 Å². The topological polar surface area (TPSA) is 64.8 Å². The molecule has 1 aliphatic rings. The van der Waals surface area contributed by atoms with Crippen molar-refractivity contribution < 1.29 is 14.3 Å². The van der Waals surface area contributed by atoms with Crippen molar-refractivity contribution in [3.63, 3.8) is 0 Å². The van der Waals surface area contributed by atoms with Gasteiger partial charge in [-0.1, -0.05) is 30.3 Å². The third-order valence-corrected chi connectivity index (χ3v) is 3.26. The maximum atomic E-state index is 12.0. The fourth-order valence-electron chi connectivity index (χ4n) is 2.19. The highest BCUT2D eigenvalue weighted by Gasteiger charge is 2.25. The third-order valence-electron chi connectivity index (χ3n) is 3.26. The number of nitrogens with zero attached hydrogens (tertiary/aromatic N) is 1. The molecule has 2 N–H and O–H groups in total. The molecule has 0 bridgehead atoms. The molecule has 1 amide bonds. The number of carbonyl (C=O) groups excluding carboxylic acids is 1. The van der Waals surface area contributed by atoms with Crippen molar-refractivity contribution in [3.8, 4) is 5.75 Å². The minimum atomic E-state index is -0.125. The summed E-state index contributed by atoms with van der Waals surface area (Å²) in [6.07, 6.45) is 0. The summed E-state index contributed by atoms with van der Waals surface area (Å²) in [5, 5.41) is 0. The second-order valence-corrected chi connectivity index (χ2v) is 4.80. The van der Waals surface area contributed by atoms with Gasteiger partial charge in [0.1, 0.15) is 12.5 Å². The van der Waals surface area contributed by atoms with E-state index in [0.29, 0.717) is 23.7 Å². The van der Waals surface area contributed by atoms with Crippen LogP contribution >= 0.6 is 0 Å². The number of ether oxygens (including phenoxy) is 2. The van der Waals surface area contributed by atoms with Crippen LogP contribution in [-0.4, -0.2) is 19.2 Å². The van der Waals surface area contributed by atoms with E-state index in [9.17, 15) is 4.79 Å². The van der Waals surface area contributed by atoms with Gasteiger partial charge in [-0.15, -0.1) is 0 Å². The predicted octanol–water partition coefficient (Wildman–Crippen LogP) is 2.17. The molecule has 5 nitrogen and oxygen atoms in total. The van der Waals surface area contributed by atoms with Crippen LogP contribution in [0.3, 0.4) is 0 Å². The van der Waals surface area contributed by atoms with E-state index >= 15 is 0 Å². The average Bonchev–Trinajstić information content (AvgIpc) is 2.50. The molecule has 0 saturated heterocycles. The number of benzene rings is 2. The first-order chi connectivity index (χ1) is 10.2. The van der Waals surface area contributed by atoms with E-state index in [1.165, 1.54) is 0 Å². The van der Waals surface area contributed by atoms with E-state index in [-0.39, 0.29) is 19.2 Å². The molecule has 0 radical (unpaired) electrons. The maximum absolute atomic E-state index is 12.0. The van der Waals surface area contributed by atoms with Gasteiger partial charge in [0.05, 0.1) is 12.3 Å². The Morgan fingerprint density at radius 3 is 2.81 bits per heavy atom. The van der Waals surface area contributed by atoms with Crippen molar-refractivity contribution in [2.75, 3.05) is 24.0 Å². The van der Waals surface area contributed by atoms with E-state index in [2.05, 4.69) is 0 Å². The van der Waals surface area contributed by atoms with Gasteiger partial charge in [0.2, 0.25) is 0 Å². The molecule has 108 valence electrons. The highest BCUT2D eigenvalue weighted by molar-refractivity contribution is 5.97. The largest absolute Gasteiger partial charge is 0.481 e. The lowest BCUT2D eigenvalue weighted by Gasteiger charge is -2.29. The van der Waals surface area contributed by atoms with Gasteiger partial charge in [-0.3, -0.25) is 9.69 Å². The quantitative estimate of drug-likeness (QED) is 0.874. The summed E-state index contributed by atoms with van der Waals surface area (Å²) in [5.74, 6) is 0.484. The highest BCUT2D eigenvalue weighted by atomic mass is 16.5. The van der Waals surface area contributed by atoms with Gasteiger partial charge in [-0.25, -0.2) is 0 Å². The van der Waals surface area contributed by atoms with E-state index in [1.54, 1.807) is 23.1 Å². The van der Waals surface area contributed by atoms with Gasteiger partial charge >= 0.3 is 0 Å². The molecule has 2 aromatic rings. The minimum Gasteiger partial charge on any atom is -0.481 e. The molecule has 0 aliphatic carbocycles. The van der Waals surface area contributed by atoms with Crippen molar-refractivity contribution >= 4 is 17.3 Å². The maximum Gasteiger partial charge on any atom is 0.266 e. The molecule has 2 aromatic carbocycles. The van der Waals surface area contributed by atoms with Gasteiger partial charge in [0.15, 0.2) is 6.61 Å². The van der Waals surface area contributed by atoms with Crippen molar-refractivity contribution in [3.05, 3.63) is 54.1 Å². The molecule has 0 saturated carbocycles. The number of carbonyl (C=O) groups is 1. The molecule has 1 heterocycles. The number of amides is 1. The molecule has 0 unspecified atom stereocenters. The Balaban J connectivity index is 1.69. The Kier molecular flexibility index (Phi) is 3.75.